The fourth-order valence-electron chi connectivity index (χ4n) is 2.45. The molecule has 1 saturated heterocycles. The van der Waals surface area contributed by atoms with Gasteiger partial charge in [0.05, 0.1) is 18.7 Å². The molecule has 1 aliphatic rings. The van der Waals surface area contributed by atoms with Crippen molar-refractivity contribution in [2.75, 3.05) is 32.8 Å². The second-order valence-electron chi connectivity index (χ2n) is 4.86. The number of hydrogen-bond donors (Lipinski definition) is 1. The molecule has 7 heteroatoms. The van der Waals surface area contributed by atoms with Crippen LogP contribution >= 0.6 is 11.3 Å². The molecule has 0 radical (unpaired) electrons. The number of thiophene rings is 1. The van der Waals surface area contributed by atoms with Gasteiger partial charge in [0.2, 0.25) is 0 Å². The van der Waals surface area contributed by atoms with E-state index in [1.165, 1.54) is 15.9 Å². The summed E-state index contributed by atoms with van der Waals surface area (Å²) in [6.45, 7) is 4.73. The molecule has 6 nitrogen and oxygen atoms in total. The summed E-state index contributed by atoms with van der Waals surface area (Å²) in [5, 5.41) is 1.82. The Morgan fingerprint density at radius 1 is 1.25 bits per heavy atom. The number of rotatable bonds is 4. The zero-order chi connectivity index (χ0) is 13.9. The molecule has 1 fully saturated rings. The van der Waals surface area contributed by atoms with E-state index in [-0.39, 0.29) is 11.2 Å². The molecule has 2 aromatic heterocycles. The van der Waals surface area contributed by atoms with Crippen LogP contribution in [0.1, 0.15) is 6.42 Å². The average Bonchev–Trinajstić information content (AvgIpc) is 2.92. The van der Waals surface area contributed by atoms with E-state index in [1.54, 1.807) is 6.07 Å². The van der Waals surface area contributed by atoms with E-state index in [1.807, 2.05) is 5.38 Å². The third-order valence-corrected chi connectivity index (χ3v) is 4.45. The zero-order valence-corrected chi connectivity index (χ0v) is 11.9. The summed E-state index contributed by atoms with van der Waals surface area (Å²) in [5.74, 6) is 0. The van der Waals surface area contributed by atoms with E-state index in [0.717, 1.165) is 39.3 Å². The lowest BCUT2D eigenvalue weighted by Crippen LogP contribution is -2.39. The molecule has 0 unspecified atom stereocenters. The minimum Gasteiger partial charge on any atom is -0.379 e. The van der Waals surface area contributed by atoms with Crippen molar-refractivity contribution < 1.29 is 4.74 Å². The van der Waals surface area contributed by atoms with Crippen molar-refractivity contribution in [2.45, 2.75) is 13.0 Å². The second kappa shape index (κ2) is 5.90. The first-order valence-corrected chi connectivity index (χ1v) is 7.64. The van der Waals surface area contributed by atoms with Crippen molar-refractivity contribution in [3.8, 4) is 0 Å². The molecular formula is C13H17N3O3S. The maximum Gasteiger partial charge on any atom is 0.328 e. The highest BCUT2D eigenvalue weighted by atomic mass is 32.1. The predicted octanol–water partition coefficient (Wildman–Crippen LogP) is 0.474. The van der Waals surface area contributed by atoms with Crippen LogP contribution in [0.3, 0.4) is 0 Å². The minimum absolute atomic E-state index is 0.180. The second-order valence-corrected chi connectivity index (χ2v) is 5.77. The molecular weight excluding hydrogens is 278 g/mol. The summed E-state index contributed by atoms with van der Waals surface area (Å²) in [4.78, 5) is 29.2. The molecule has 0 atom stereocenters. The molecule has 0 bridgehead atoms. The molecule has 0 aliphatic carbocycles. The first kappa shape index (κ1) is 13.5. The number of morpholine rings is 1. The van der Waals surface area contributed by atoms with Crippen LogP contribution < -0.4 is 11.2 Å². The lowest BCUT2D eigenvalue weighted by atomic mass is 10.3. The van der Waals surface area contributed by atoms with E-state index < -0.39 is 0 Å². The summed E-state index contributed by atoms with van der Waals surface area (Å²) in [6.07, 6.45) is 0.792. The number of ether oxygens (including phenoxy) is 1. The number of aromatic nitrogens is 2. The number of H-pyrrole nitrogens is 1. The van der Waals surface area contributed by atoms with Crippen LogP contribution in [-0.4, -0.2) is 47.3 Å². The summed E-state index contributed by atoms with van der Waals surface area (Å²) in [6, 6.07) is 1.76. The average molecular weight is 295 g/mol. The van der Waals surface area contributed by atoms with Crippen LogP contribution in [0, 0.1) is 0 Å². The number of fused-ring (bicyclic) bond motifs is 1. The molecule has 0 saturated carbocycles. The molecule has 3 heterocycles. The molecule has 1 aliphatic heterocycles. The maximum atomic E-state index is 12.2. The molecule has 3 rings (SSSR count). The van der Waals surface area contributed by atoms with Gasteiger partial charge in [-0.05, 0) is 17.9 Å². The van der Waals surface area contributed by atoms with Crippen LogP contribution in [-0.2, 0) is 11.3 Å². The largest absolute Gasteiger partial charge is 0.379 e. The summed E-state index contributed by atoms with van der Waals surface area (Å²) in [5.41, 5.74) is 0.137. The normalized spacial score (nSPS) is 16.8. The van der Waals surface area contributed by atoms with Gasteiger partial charge in [0, 0.05) is 26.2 Å². The fourth-order valence-corrected chi connectivity index (χ4v) is 3.25. The van der Waals surface area contributed by atoms with E-state index in [2.05, 4.69) is 9.88 Å². The van der Waals surface area contributed by atoms with Crippen LogP contribution in [0.5, 0.6) is 0 Å². The first-order valence-electron chi connectivity index (χ1n) is 6.76. The number of nitrogens with one attached hydrogen (secondary N) is 1. The lowest BCUT2D eigenvalue weighted by Gasteiger charge is -2.26. The molecule has 0 spiro atoms. The van der Waals surface area contributed by atoms with Crippen molar-refractivity contribution in [1.29, 1.82) is 0 Å². The van der Waals surface area contributed by atoms with Crippen LogP contribution in [0.25, 0.3) is 10.2 Å². The van der Waals surface area contributed by atoms with Gasteiger partial charge in [-0.15, -0.1) is 11.3 Å². The number of nitrogens with zero attached hydrogens (tertiary/aromatic N) is 2. The van der Waals surface area contributed by atoms with Gasteiger partial charge in [0.1, 0.15) is 4.70 Å². The van der Waals surface area contributed by atoms with Crippen LogP contribution in [0.15, 0.2) is 21.0 Å². The lowest BCUT2D eigenvalue weighted by molar-refractivity contribution is 0.0368. The standard InChI is InChI=1S/C13H17N3O3S/c17-12-11-10(2-9-20-11)14-13(18)16(12)4-1-3-15-5-7-19-8-6-15/h2,9H,1,3-8H2,(H,14,18). The zero-order valence-electron chi connectivity index (χ0n) is 11.1. The number of hydrogen-bond acceptors (Lipinski definition) is 5. The van der Waals surface area contributed by atoms with E-state index in [0.29, 0.717) is 16.8 Å². The van der Waals surface area contributed by atoms with Crippen molar-refractivity contribution >= 4 is 21.6 Å². The molecule has 108 valence electrons. The Morgan fingerprint density at radius 3 is 2.85 bits per heavy atom. The Labute approximate surface area is 119 Å². The van der Waals surface area contributed by atoms with Crippen molar-refractivity contribution in [3.63, 3.8) is 0 Å². The quantitative estimate of drug-likeness (QED) is 0.890. The van der Waals surface area contributed by atoms with Gasteiger partial charge in [-0.25, -0.2) is 4.79 Å². The summed E-state index contributed by atoms with van der Waals surface area (Å²) in [7, 11) is 0. The van der Waals surface area contributed by atoms with Gasteiger partial charge in [0.25, 0.3) is 5.56 Å². The van der Waals surface area contributed by atoms with Gasteiger partial charge >= 0.3 is 5.69 Å². The molecule has 0 amide bonds. The highest BCUT2D eigenvalue weighted by molar-refractivity contribution is 7.17. The van der Waals surface area contributed by atoms with Gasteiger partial charge < -0.3 is 9.72 Å². The molecule has 20 heavy (non-hydrogen) atoms. The van der Waals surface area contributed by atoms with E-state index in [9.17, 15) is 9.59 Å². The number of aromatic amines is 1. The highest BCUT2D eigenvalue weighted by Crippen LogP contribution is 2.12. The molecule has 1 N–H and O–H groups in total. The Balaban J connectivity index is 1.70. The summed E-state index contributed by atoms with van der Waals surface area (Å²) >= 11 is 1.37. The Morgan fingerprint density at radius 2 is 2.05 bits per heavy atom. The van der Waals surface area contributed by atoms with E-state index >= 15 is 0 Å². The van der Waals surface area contributed by atoms with Gasteiger partial charge in [0.15, 0.2) is 0 Å². The van der Waals surface area contributed by atoms with Crippen LogP contribution in [0.2, 0.25) is 0 Å². The molecule has 0 aromatic carbocycles. The van der Waals surface area contributed by atoms with Crippen molar-refractivity contribution in [3.05, 3.63) is 32.3 Å². The van der Waals surface area contributed by atoms with Crippen LogP contribution in [0.4, 0.5) is 0 Å². The SMILES string of the molecule is O=c1[nH]c2ccsc2c(=O)n1CCCN1CCOCC1. The van der Waals surface area contributed by atoms with E-state index in [4.69, 9.17) is 4.74 Å². The van der Waals surface area contributed by atoms with Gasteiger partial charge in [-0.1, -0.05) is 0 Å². The third-order valence-electron chi connectivity index (χ3n) is 3.55. The smallest absolute Gasteiger partial charge is 0.328 e. The predicted molar refractivity (Wildman–Crippen MR) is 78.6 cm³/mol. The van der Waals surface area contributed by atoms with Gasteiger partial charge in [-0.3, -0.25) is 14.3 Å². The maximum absolute atomic E-state index is 12.2. The van der Waals surface area contributed by atoms with Gasteiger partial charge in [-0.2, -0.15) is 0 Å². The highest BCUT2D eigenvalue weighted by Gasteiger charge is 2.11. The Bertz CT molecular complexity index is 697. The van der Waals surface area contributed by atoms with Crippen molar-refractivity contribution in [2.24, 2.45) is 0 Å². The van der Waals surface area contributed by atoms with Crippen molar-refractivity contribution in [1.82, 2.24) is 14.5 Å². The Hall–Kier alpha value is -1.44. The summed E-state index contributed by atoms with van der Waals surface area (Å²) < 4.78 is 7.22. The minimum atomic E-state index is -0.317. The first-order chi connectivity index (χ1) is 9.75. The topological polar surface area (TPSA) is 67.3 Å². The third kappa shape index (κ3) is 2.70. The Kier molecular flexibility index (Phi) is 4.00. The fraction of sp³-hybridized carbons (Fsp3) is 0.538. The monoisotopic (exact) mass is 295 g/mol. The molecule has 2 aromatic rings.